The lowest BCUT2D eigenvalue weighted by Crippen LogP contribution is -2.43. The molecule has 2 atom stereocenters. The molecule has 2 heteroatoms. The summed E-state index contributed by atoms with van der Waals surface area (Å²) in [5.41, 5.74) is 4.76. The Bertz CT molecular complexity index is 720. The van der Waals surface area contributed by atoms with Gasteiger partial charge in [0.15, 0.2) is 0 Å². The number of hydrogen-bond donors (Lipinski definition) is 1. The van der Waals surface area contributed by atoms with Crippen molar-refractivity contribution in [3.05, 3.63) is 46.6 Å². The van der Waals surface area contributed by atoms with Crippen molar-refractivity contribution < 1.29 is 0 Å². The fourth-order valence-corrected chi connectivity index (χ4v) is 4.86. The molecular weight excluding hydrogens is 254 g/mol. The van der Waals surface area contributed by atoms with Crippen LogP contribution in [0.1, 0.15) is 42.9 Å². The van der Waals surface area contributed by atoms with Gasteiger partial charge in [-0.15, -0.1) is 0 Å². The smallest absolute Gasteiger partial charge is 0.0460 e. The van der Waals surface area contributed by atoms with Crippen molar-refractivity contribution in [2.45, 2.75) is 37.0 Å². The van der Waals surface area contributed by atoms with Crippen LogP contribution in [-0.2, 0) is 5.41 Å². The van der Waals surface area contributed by atoms with Crippen molar-refractivity contribution in [3.8, 4) is 0 Å². The van der Waals surface area contributed by atoms with E-state index in [0.29, 0.717) is 11.3 Å². The fourth-order valence-electron chi connectivity index (χ4n) is 4.69. The molecule has 1 N–H and O–H groups in total. The van der Waals surface area contributed by atoms with Gasteiger partial charge in [-0.05, 0) is 48.9 Å². The molecule has 1 heterocycles. The molecule has 1 spiro atoms. The number of hydrogen-bond acceptors (Lipinski definition) is 0. The van der Waals surface area contributed by atoms with Crippen molar-refractivity contribution >= 4 is 22.5 Å². The molecule has 1 aromatic carbocycles. The van der Waals surface area contributed by atoms with Gasteiger partial charge in [0.1, 0.15) is 0 Å². The first kappa shape index (κ1) is 10.6. The molecule has 5 rings (SSSR count). The molecular formula is C17H16ClN. The maximum atomic E-state index is 6.23. The van der Waals surface area contributed by atoms with Crippen LogP contribution < -0.4 is 0 Å². The number of aromatic nitrogens is 1. The normalized spacial score (nSPS) is 29.7. The Hall–Kier alpha value is -1.21. The van der Waals surface area contributed by atoms with Crippen molar-refractivity contribution in [2.24, 2.45) is 5.92 Å². The number of nitrogens with one attached hydrogen (secondary N) is 1. The van der Waals surface area contributed by atoms with E-state index in [1.54, 1.807) is 5.56 Å². The van der Waals surface area contributed by atoms with E-state index in [4.69, 9.17) is 11.6 Å². The number of H-pyrrole nitrogens is 1. The van der Waals surface area contributed by atoms with Crippen LogP contribution in [0.3, 0.4) is 0 Å². The van der Waals surface area contributed by atoms with Gasteiger partial charge in [-0.3, -0.25) is 0 Å². The van der Waals surface area contributed by atoms with Crippen LogP contribution in [0.2, 0.25) is 5.02 Å². The van der Waals surface area contributed by atoms with Crippen molar-refractivity contribution in [1.82, 2.24) is 4.98 Å². The number of fused-ring (bicyclic) bond motifs is 8. The maximum absolute atomic E-state index is 6.23. The lowest BCUT2D eigenvalue weighted by molar-refractivity contribution is 0.161. The SMILES string of the molecule is Clc1ccc2[nH]c3c(c2c1)C1(CCC1)[C@@H]1C=C[C@H]3C1. The third-order valence-corrected chi connectivity index (χ3v) is 5.93. The van der Waals surface area contributed by atoms with Gasteiger partial charge in [0.2, 0.25) is 0 Å². The predicted molar refractivity (Wildman–Crippen MR) is 78.8 cm³/mol. The number of halogens is 1. The highest BCUT2D eigenvalue weighted by Gasteiger charge is 2.52. The summed E-state index contributed by atoms with van der Waals surface area (Å²) in [6, 6.07) is 6.30. The molecule has 2 bridgehead atoms. The first-order valence-electron chi connectivity index (χ1n) is 7.28. The lowest BCUT2D eigenvalue weighted by Gasteiger charge is -2.49. The van der Waals surface area contributed by atoms with E-state index in [-0.39, 0.29) is 0 Å². The minimum absolute atomic E-state index is 0.418. The van der Waals surface area contributed by atoms with E-state index < -0.39 is 0 Å². The summed E-state index contributed by atoms with van der Waals surface area (Å²) in [5, 5.41) is 2.23. The molecule has 0 amide bonds. The molecule has 1 aromatic heterocycles. The van der Waals surface area contributed by atoms with Crippen LogP contribution in [0, 0.1) is 5.92 Å². The Morgan fingerprint density at radius 2 is 2.11 bits per heavy atom. The van der Waals surface area contributed by atoms with Gasteiger partial charge in [0, 0.05) is 33.0 Å². The van der Waals surface area contributed by atoms with Gasteiger partial charge in [-0.2, -0.15) is 0 Å². The molecule has 3 aliphatic rings. The summed E-state index contributed by atoms with van der Waals surface area (Å²) in [6.45, 7) is 0. The molecule has 0 saturated heterocycles. The summed E-state index contributed by atoms with van der Waals surface area (Å²) < 4.78 is 0. The summed E-state index contributed by atoms with van der Waals surface area (Å²) >= 11 is 6.23. The Kier molecular flexibility index (Phi) is 1.82. The maximum Gasteiger partial charge on any atom is 0.0460 e. The highest BCUT2D eigenvalue weighted by molar-refractivity contribution is 6.31. The molecule has 0 unspecified atom stereocenters. The van der Waals surface area contributed by atoms with E-state index in [0.717, 1.165) is 10.9 Å². The largest absolute Gasteiger partial charge is 0.358 e. The van der Waals surface area contributed by atoms with Crippen molar-refractivity contribution in [1.29, 1.82) is 0 Å². The second kappa shape index (κ2) is 3.27. The van der Waals surface area contributed by atoms with E-state index in [2.05, 4.69) is 29.3 Å². The van der Waals surface area contributed by atoms with E-state index >= 15 is 0 Å². The van der Waals surface area contributed by atoms with Gasteiger partial charge in [0.05, 0.1) is 0 Å². The molecule has 96 valence electrons. The van der Waals surface area contributed by atoms with Gasteiger partial charge >= 0.3 is 0 Å². The van der Waals surface area contributed by atoms with Crippen LogP contribution in [0.5, 0.6) is 0 Å². The highest BCUT2D eigenvalue weighted by Crippen LogP contribution is 2.61. The zero-order valence-corrected chi connectivity index (χ0v) is 11.5. The van der Waals surface area contributed by atoms with Crippen LogP contribution in [0.4, 0.5) is 0 Å². The zero-order valence-electron chi connectivity index (χ0n) is 10.7. The Morgan fingerprint density at radius 3 is 2.89 bits per heavy atom. The van der Waals surface area contributed by atoms with E-state index in [1.165, 1.54) is 42.3 Å². The summed E-state index contributed by atoms with van der Waals surface area (Å²) in [7, 11) is 0. The van der Waals surface area contributed by atoms with Crippen LogP contribution in [0.15, 0.2) is 30.4 Å². The molecule has 1 saturated carbocycles. The standard InChI is InChI=1S/C17H16ClN/c18-12-4-5-14-13(9-12)15-16(19-14)10-2-3-11(8-10)17(15)6-1-7-17/h2-5,9-11,19H,1,6-8H2/t10-,11+/m0/s1. The summed E-state index contributed by atoms with van der Waals surface area (Å²) in [6.07, 6.45) is 10.3. The van der Waals surface area contributed by atoms with Crippen molar-refractivity contribution in [2.75, 3.05) is 0 Å². The third kappa shape index (κ3) is 1.14. The minimum Gasteiger partial charge on any atom is -0.358 e. The topological polar surface area (TPSA) is 15.8 Å². The molecule has 2 aromatic rings. The van der Waals surface area contributed by atoms with Gasteiger partial charge < -0.3 is 4.98 Å². The molecule has 0 aliphatic heterocycles. The molecule has 19 heavy (non-hydrogen) atoms. The number of rotatable bonds is 0. The van der Waals surface area contributed by atoms with Crippen LogP contribution in [0.25, 0.3) is 10.9 Å². The molecule has 0 radical (unpaired) electrons. The van der Waals surface area contributed by atoms with Crippen LogP contribution in [-0.4, -0.2) is 4.98 Å². The molecule has 1 nitrogen and oxygen atoms in total. The second-order valence-corrected chi connectivity index (χ2v) is 6.88. The first-order chi connectivity index (χ1) is 9.28. The Morgan fingerprint density at radius 1 is 1.21 bits per heavy atom. The average Bonchev–Trinajstić information content (AvgIpc) is 2.92. The second-order valence-electron chi connectivity index (χ2n) is 6.45. The number of benzene rings is 1. The quantitative estimate of drug-likeness (QED) is 0.654. The fraction of sp³-hybridized carbons (Fsp3) is 0.412. The third-order valence-electron chi connectivity index (χ3n) is 5.70. The van der Waals surface area contributed by atoms with Crippen LogP contribution >= 0.6 is 11.6 Å². The number of aromatic amines is 1. The molecule has 1 fully saturated rings. The van der Waals surface area contributed by atoms with Gasteiger partial charge in [-0.25, -0.2) is 0 Å². The molecule has 3 aliphatic carbocycles. The highest BCUT2D eigenvalue weighted by atomic mass is 35.5. The van der Waals surface area contributed by atoms with Gasteiger partial charge in [-0.1, -0.05) is 30.2 Å². The van der Waals surface area contributed by atoms with Crippen molar-refractivity contribution in [3.63, 3.8) is 0 Å². The zero-order chi connectivity index (χ0) is 12.6. The Labute approximate surface area is 117 Å². The van der Waals surface area contributed by atoms with Gasteiger partial charge in [0.25, 0.3) is 0 Å². The monoisotopic (exact) mass is 269 g/mol. The predicted octanol–water partition coefficient (Wildman–Crippen LogP) is 4.92. The first-order valence-corrected chi connectivity index (χ1v) is 7.66. The number of allylic oxidation sites excluding steroid dienone is 2. The summed E-state index contributed by atoms with van der Waals surface area (Å²) in [5.74, 6) is 1.37. The lowest BCUT2D eigenvalue weighted by atomic mass is 9.54. The summed E-state index contributed by atoms with van der Waals surface area (Å²) in [4.78, 5) is 3.68. The van der Waals surface area contributed by atoms with E-state index in [1.807, 2.05) is 6.07 Å². The Balaban J connectivity index is 1.89. The minimum atomic E-state index is 0.418. The van der Waals surface area contributed by atoms with E-state index in [9.17, 15) is 0 Å². The average molecular weight is 270 g/mol.